The number of phenolic OH excluding ortho intramolecular Hbond substituents is 1. The van der Waals surface area contributed by atoms with E-state index in [1.54, 1.807) is 6.07 Å². The van der Waals surface area contributed by atoms with Gasteiger partial charge in [0.05, 0.1) is 16.6 Å². The number of aromatic hydroxyl groups is 1. The van der Waals surface area contributed by atoms with Crippen molar-refractivity contribution in [3.05, 3.63) is 33.9 Å². The van der Waals surface area contributed by atoms with E-state index in [9.17, 15) is 10.1 Å². The number of phenols is 1. The SMILES string of the molecule is N#Cc1ccc([N+](=O)[O-])c(O)c1. The Morgan fingerprint density at radius 2 is 2.25 bits per heavy atom. The fourth-order valence-electron chi connectivity index (χ4n) is 0.747. The summed E-state index contributed by atoms with van der Waals surface area (Å²) in [5.74, 6) is -0.487. The zero-order valence-corrected chi connectivity index (χ0v) is 5.89. The third kappa shape index (κ3) is 1.32. The molecule has 0 saturated heterocycles. The molecule has 1 aromatic carbocycles. The molecule has 0 aliphatic carbocycles. The Kier molecular flexibility index (Phi) is 1.92. The number of benzene rings is 1. The maximum atomic E-state index is 10.2. The Balaban J connectivity index is 3.23. The molecule has 0 fully saturated rings. The summed E-state index contributed by atoms with van der Waals surface area (Å²) in [6.07, 6.45) is 0. The second-order valence-corrected chi connectivity index (χ2v) is 2.07. The predicted molar refractivity (Wildman–Crippen MR) is 39.5 cm³/mol. The number of nitro benzene ring substituents is 1. The van der Waals surface area contributed by atoms with E-state index in [4.69, 9.17) is 10.4 Å². The van der Waals surface area contributed by atoms with Crippen LogP contribution in [-0.2, 0) is 0 Å². The molecule has 0 bridgehead atoms. The molecule has 0 aromatic heterocycles. The van der Waals surface area contributed by atoms with Crippen molar-refractivity contribution in [3.63, 3.8) is 0 Å². The lowest BCUT2D eigenvalue weighted by atomic mass is 10.2. The molecule has 0 radical (unpaired) electrons. The number of nitriles is 1. The Bertz CT molecular complexity index is 367. The van der Waals surface area contributed by atoms with Crippen molar-refractivity contribution in [2.75, 3.05) is 0 Å². The standard InChI is InChI=1S/C7H4N2O3/c8-4-5-1-2-6(9(11)12)7(10)3-5/h1-3,10H. The first-order valence-corrected chi connectivity index (χ1v) is 3.02. The summed E-state index contributed by atoms with van der Waals surface area (Å²) in [6, 6.07) is 5.17. The molecule has 0 heterocycles. The van der Waals surface area contributed by atoms with Crippen LogP contribution < -0.4 is 0 Å². The van der Waals surface area contributed by atoms with E-state index in [0.717, 1.165) is 12.1 Å². The van der Waals surface area contributed by atoms with Crippen LogP contribution in [0.2, 0.25) is 0 Å². The molecule has 0 amide bonds. The van der Waals surface area contributed by atoms with Crippen molar-refractivity contribution in [3.8, 4) is 11.8 Å². The largest absolute Gasteiger partial charge is 0.502 e. The van der Waals surface area contributed by atoms with Gasteiger partial charge >= 0.3 is 5.69 Å². The topological polar surface area (TPSA) is 87.2 Å². The summed E-state index contributed by atoms with van der Waals surface area (Å²) >= 11 is 0. The molecule has 0 atom stereocenters. The van der Waals surface area contributed by atoms with Crippen LogP contribution in [0, 0.1) is 21.4 Å². The van der Waals surface area contributed by atoms with Crippen LogP contribution in [0.1, 0.15) is 5.56 Å². The second kappa shape index (κ2) is 2.88. The van der Waals surface area contributed by atoms with Crippen LogP contribution in [0.15, 0.2) is 18.2 Å². The maximum Gasteiger partial charge on any atom is 0.310 e. The highest BCUT2D eigenvalue weighted by molar-refractivity contribution is 5.50. The summed E-state index contributed by atoms with van der Waals surface area (Å²) < 4.78 is 0. The molecular formula is C7H4N2O3. The van der Waals surface area contributed by atoms with E-state index in [0.29, 0.717) is 0 Å². The Morgan fingerprint density at radius 3 is 2.67 bits per heavy atom. The minimum atomic E-state index is -0.712. The first-order valence-electron chi connectivity index (χ1n) is 3.02. The van der Waals surface area contributed by atoms with Gasteiger partial charge in [0.2, 0.25) is 0 Å². The first-order chi connectivity index (χ1) is 5.65. The van der Waals surface area contributed by atoms with Crippen LogP contribution in [0.3, 0.4) is 0 Å². The zero-order valence-electron chi connectivity index (χ0n) is 5.89. The average Bonchev–Trinajstić information content (AvgIpc) is 2.03. The monoisotopic (exact) mass is 164 g/mol. The van der Waals surface area contributed by atoms with E-state index in [1.807, 2.05) is 0 Å². The number of hydrogen-bond donors (Lipinski definition) is 1. The van der Waals surface area contributed by atoms with Crippen LogP contribution >= 0.6 is 0 Å². The van der Waals surface area contributed by atoms with Crippen LogP contribution in [0.5, 0.6) is 5.75 Å². The summed E-state index contributed by atoms with van der Waals surface area (Å²) in [7, 11) is 0. The highest BCUT2D eigenvalue weighted by atomic mass is 16.6. The summed E-state index contributed by atoms with van der Waals surface area (Å²) in [5, 5.41) is 27.5. The maximum absolute atomic E-state index is 10.2. The van der Waals surface area contributed by atoms with Gasteiger partial charge in [0.1, 0.15) is 0 Å². The number of rotatable bonds is 1. The van der Waals surface area contributed by atoms with Crippen molar-refractivity contribution in [1.82, 2.24) is 0 Å². The molecule has 5 nitrogen and oxygen atoms in total. The van der Waals surface area contributed by atoms with Gasteiger partial charge in [0.15, 0.2) is 5.75 Å². The van der Waals surface area contributed by atoms with Crippen LogP contribution in [0.4, 0.5) is 5.69 Å². The van der Waals surface area contributed by atoms with Gasteiger partial charge in [0, 0.05) is 12.1 Å². The van der Waals surface area contributed by atoms with E-state index in [-0.39, 0.29) is 5.56 Å². The minimum absolute atomic E-state index is 0.193. The quantitative estimate of drug-likeness (QED) is 0.498. The Morgan fingerprint density at radius 1 is 1.58 bits per heavy atom. The molecule has 1 aromatic rings. The molecule has 1 rings (SSSR count). The van der Waals surface area contributed by atoms with Gasteiger partial charge in [-0.1, -0.05) is 0 Å². The molecule has 12 heavy (non-hydrogen) atoms. The van der Waals surface area contributed by atoms with Crippen molar-refractivity contribution in [2.24, 2.45) is 0 Å². The van der Waals surface area contributed by atoms with Gasteiger partial charge in [-0.2, -0.15) is 5.26 Å². The smallest absolute Gasteiger partial charge is 0.310 e. The van der Waals surface area contributed by atoms with Crippen molar-refractivity contribution < 1.29 is 10.0 Å². The zero-order chi connectivity index (χ0) is 9.14. The third-order valence-corrected chi connectivity index (χ3v) is 1.30. The summed E-state index contributed by atoms with van der Waals surface area (Å²) in [4.78, 5) is 9.47. The first kappa shape index (κ1) is 8.01. The second-order valence-electron chi connectivity index (χ2n) is 2.07. The lowest BCUT2D eigenvalue weighted by Crippen LogP contribution is -1.88. The van der Waals surface area contributed by atoms with Gasteiger partial charge in [-0.3, -0.25) is 10.1 Å². The third-order valence-electron chi connectivity index (χ3n) is 1.30. The van der Waals surface area contributed by atoms with Crippen LogP contribution in [-0.4, -0.2) is 10.0 Å². The molecule has 0 unspecified atom stereocenters. The highest BCUT2D eigenvalue weighted by Gasteiger charge is 2.12. The summed E-state index contributed by atoms with van der Waals surface area (Å²) in [5.41, 5.74) is -0.202. The van der Waals surface area contributed by atoms with Crippen molar-refractivity contribution in [1.29, 1.82) is 5.26 Å². The number of nitro groups is 1. The van der Waals surface area contributed by atoms with Gasteiger partial charge < -0.3 is 5.11 Å². The van der Waals surface area contributed by atoms with Crippen LogP contribution in [0.25, 0.3) is 0 Å². The fraction of sp³-hybridized carbons (Fsp3) is 0. The predicted octanol–water partition coefficient (Wildman–Crippen LogP) is 1.17. The highest BCUT2D eigenvalue weighted by Crippen LogP contribution is 2.25. The van der Waals surface area contributed by atoms with Crippen molar-refractivity contribution >= 4 is 5.69 Å². The minimum Gasteiger partial charge on any atom is -0.502 e. The molecule has 0 aliphatic rings. The normalized spacial score (nSPS) is 8.92. The number of nitrogens with zero attached hydrogens (tertiary/aromatic N) is 2. The van der Waals surface area contributed by atoms with Gasteiger partial charge in [-0.25, -0.2) is 0 Å². The molecule has 0 aliphatic heterocycles. The summed E-state index contributed by atoms with van der Waals surface area (Å²) in [6.45, 7) is 0. The lowest BCUT2D eigenvalue weighted by molar-refractivity contribution is -0.385. The molecule has 5 heteroatoms. The average molecular weight is 164 g/mol. The Labute approximate surface area is 67.6 Å². The lowest BCUT2D eigenvalue weighted by Gasteiger charge is -1.94. The molecule has 0 spiro atoms. The Hall–Kier alpha value is -2.09. The van der Waals surface area contributed by atoms with Gasteiger partial charge in [0.25, 0.3) is 0 Å². The van der Waals surface area contributed by atoms with Crippen molar-refractivity contribution in [2.45, 2.75) is 0 Å². The van der Waals surface area contributed by atoms with Gasteiger partial charge in [-0.05, 0) is 6.07 Å². The van der Waals surface area contributed by atoms with E-state index in [1.165, 1.54) is 6.07 Å². The van der Waals surface area contributed by atoms with E-state index < -0.39 is 16.4 Å². The van der Waals surface area contributed by atoms with Gasteiger partial charge in [-0.15, -0.1) is 0 Å². The van der Waals surface area contributed by atoms with E-state index >= 15 is 0 Å². The fourth-order valence-corrected chi connectivity index (χ4v) is 0.747. The van der Waals surface area contributed by atoms with E-state index in [2.05, 4.69) is 0 Å². The number of hydrogen-bond acceptors (Lipinski definition) is 4. The molecule has 0 saturated carbocycles. The molecule has 1 N–H and O–H groups in total. The molecular weight excluding hydrogens is 160 g/mol. The molecule has 60 valence electrons.